The first-order valence-corrected chi connectivity index (χ1v) is 7.98. The van der Waals surface area contributed by atoms with E-state index in [1.54, 1.807) is 17.8 Å². The number of fused-ring (bicyclic) bond motifs is 1. The molecular formula is C17H14FN3S. The van der Waals surface area contributed by atoms with Crippen LogP contribution < -0.4 is 0 Å². The van der Waals surface area contributed by atoms with E-state index in [2.05, 4.69) is 22.5 Å². The molecule has 0 saturated heterocycles. The highest BCUT2D eigenvalue weighted by Crippen LogP contribution is 2.27. The first-order valence-electron chi connectivity index (χ1n) is 6.99. The number of para-hydroxylation sites is 2. The lowest BCUT2D eigenvalue weighted by Crippen LogP contribution is -1.97. The van der Waals surface area contributed by atoms with Gasteiger partial charge in [0.25, 0.3) is 0 Å². The molecule has 0 aliphatic heterocycles. The highest BCUT2D eigenvalue weighted by atomic mass is 32.2. The Balaban J connectivity index is 1.90. The fourth-order valence-electron chi connectivity index (χ4n) is 2.39. The van der Waals surface area contributed by atoms with Crippen LogP contribution in [0, 0.1) is 17.1 Å². The number of thioether (sulfide) groups is 1. The summed E-state index contributed by atoms with van der Waals surface area (Å²) in [6.07, 6.45) is 0. The summed E-state index contributed by atoms with van der Waals surface area (Å²) in [7, 11) is 0. The van der Waals surface area contributed by atoms with Gasteiger partial charge in [0, 0.05) is 12.3 Å². The number of nitriles is 1. The van der Waals surface area contributed by atoms with Crippen molar-refractivity contribution in [2.45, 2.75) is 24.4 Å². The van der Waals surface area contributed by atoms with Crippen molar-refractivity contribution in [2.24, 2.45) is 0 Å². The van der Waals surface area contributed by atoms with E-state index in [4.69, 9.17) is 5.26 Å². The Kier molecular flexibility index (Phi) is 4.12. The number of aryl methyl sites for hydroxylation is 1. The second-order valence-corrected chi connectivity index (χ2v) is 5.77. The zero-order valence-electron chi connectivity index (χ0n) is 12.1. The number of aromatic nitrogens is 2. The van der Waals surface area contributed by atoms with Crippen LogP contribution in [0.5, 0.6) is 0 Å². The molecule has 22 heavy (non-hydrogen) atoms. The normalized spacial score (nSPS) is 10.8. The third kappa shape index (κ3) is 2.70. The average molecular weight is 311 g/mol. The summed E-state index contributed by atoms with van der Waals surface area (Å²) in [5.41, 5.74) is 3.27. The third-order valence-electron chi connectivity index (χ3n) is 3.48. The van der Waals surface area contributed by atoms with Gasteiger partial charge in [0.15, 0.2) is 5.16 Å². The van der Waals surface area contributed by atoms with Crippen molar-refractivity contribution in [3.8, 4) is 6.07 Å². The van der Waals surface area contributed by atoms with Crippen LogP contribution in [0.15, 0.2) is 47.6 Å². The summed E-state index contributed by atoms with van der Waals surface area (Å²) in [5.74, 6) is 0.207. The minimum absolute atomic E-state index is 0.381. The van der Waals surface area contributed by atoms with Crippen LogP contribution in [0.4, 0.5) is 4.39 Å². The zero-order valence-corrected chi connectivity index (χ0v) is 12.9. The van der Waals surface area contributed by atoms with E-state index < -0.39 is 0 Å². The lowest BCUT2D eigenvalue weighted by atomic mass is 10.1. The minimum Gasteiger partial charge on any atom is -0.319 e. The van der Waals surface area contributed by atoms with E-state index >= 15 is 0 Å². The van der Waals surface area contributed by atoms with Gasteiger partial charge in [-0.3, -0.25) is 0 Å². The van der Waals surface area contributed by atoms with E-state index in [1.807, 2.05) is 24.3 Å². The molecule has 0 unspecified atom stereocenters. The van der Waals surface area contributed by atoms with Gasteiger partial charge in [-0.2, -0.15) is 5.26 Å². The van der Waals surface area contributed by atoms with Gasteiger partial charge in [0.2, 0.25) is 0 Å². The molecule has 1 aromatic heterocycles. The fraction of sp³-hybridized carbons (Fsp3) is 0.176. The second kappa shape index (κ2) is 6.20. The van der Waals surface area contributed by atoms with Crippen LogP contribution >= 0.6 is 11.8 Å². The molecule has 0 fully saturated rings. The molecule has 1 heterocycles. The van der Waals surface area contributed by atoms with E-state index in [9.17, 15) is 4.39 Å². The van der Waals surface area contributed by atoms with Gasteiger partial charge in [0.05, 0.1) is 22.7 Å². The molecule has 3 rings (SSSR count). The number of benzene rings is 2. The van der Waals surface area contributed by atoms with Crippen LogP contribution in [-0.4, -0.2) is 9.55 Å². The Morgan fingerprint density at radius 3 is 2.86 bits per heavy atom. The highest BCUT2D eigenvalue weighted by molar-refractivity contribution is 7.98. The van der Waals surface area contributed by atoms with E-state index in [1.165, 1.54) is 12.1 Å². The van der Waals surface area contributed by atoms with Gasteiger partial charge in [-0.05, 0) is 36.8 Å². The first kappa shape index (κ1) is 14.6. The molecule has 2 aromatic carbocycles. The molecule has 0 atom stereocenters. The molecule has 3 nitrogen and oxygen atoms in total. The minimum atomic E-state index is -0.383. The van der Waals surface area contributed by atoms with Crippen LogP contribution in [0.25, 0.3) is 11.0 Å². The van der Waals surface area contributed by atoms with Crippen molar-refractivity contribution >= 4 is 22.8 Å². The van der Waals surface area contributed by atoms with Crippen molar-refractivity contribution in [1.82, 2.24) is 9.55 Å². The van der Waals surface area contributed by atoms with Crippen molar-refractivity contribution in [1.29, 1.82) is 5.26 Å². The van der Waals surface area contributed by atoms with Crippen molar-refractivity contribution < 1.29 is 4.39 Å². The molecular weight excluding hydrogens is 297 g/mol. The molecule has 0 N–H and O–H groups in total. The van der Waals surface area contributed by atoms with Crippen LogP contribution in [0.2, 0.25) is 0 Å². The molecule has 0 amide bonds. The number of halogens is 1. The molecule has 0 radical (unpaired) electrons. The topological polar surface area (TPSA) is 41.6 Å². The molecule has 0 bridgehead atoms. The van der Waals surface area contributed by atoms with E-state index in [0.717, 1.165) is 28.3 Å². The maximum absolute atomic E-state index is 13.2. The molecule has 110 valence electrons. The highest BCUT2D eigenvalue weighted by Gasteiger charge is 2.11. The Bertz CT molecular complexity index is 864. The van der Waals surface area contributed by atoms with Gasteiger partial charge in [-0.15, -0.1) is 0 Å². The number of rotatable bonds is 4. The quantitative estimate of drug-likeness (QED) is 0.672. The smallest absolute Gasteiger partial charge is 0.169 e. The fourth-order valence-corrected chi connectivity index (χ4v) is 3.47. The number of imidazole rings is 1. The Morgan fingerprint density at radius 1 is 1.27 bits per heavy atom. The second-order valence-electron chi connectivity index (χ2n) is 4.83. The van der Waals surface area contributed by atoms with Crippen LogP contribution in [0.3, 0.4) is 0 Å². The summed E-state index contributed by atoms with van der Waals surface area (Å²) in [6, 6.07) is 14.4. The lowest BCUT2D eigenvalue weighted by Gasteiger charge is -2.06. The summed E-state index contributed by atoms with van der Waals surface area (Å²) >= 11 is 1.56. The summed E-state index contributed by atoms with van der Waals surface area (Å²) in [6.45, 7) is 2.91. The first-order chi connectivity index (χ1) is 10.7. The monoisotopic (exact) mass is 311 g/mol. The Hall–Kier alpha value is -2.32. The van der Waals surface area contributed by atoms with E-state index in [0.29, 0.717) is 11.3 Å². The predicted octanol–water partition coefficient (Wildman–Crippen LogP) is 4.36. The summed E-state index contributed by atoms with van der Waals surface area (Å²) < 4.78 is 15.3. The lowest BCUT2D eigenvalue weighted by molar-refractivity contribution is 0.627. The van der Waals surface area contributed by atoms with Gasteiger partial charge in [0.1, 0.15) is 5.82 Å². The summed E-state index contributed by atoms with van der Waals surface area (Å²) in [4.78, 5) is 4.64. The van der Waals surface area contributed by atoms with Gasteiger partial charge in [-0.1, -0.05) is 30.0 Å². The molecule has 5 heteroatoms. The average Bonchev–Trinajstić information content (AvgIpc) is 2.91. The Labute approximate surface area is 132 Å². The van der Waals surface area contributed by atoms with Gasteiger partial charge < -0.3 is 4.57 Å². The van der Waals surface area contributed by atoms with Crippen molar-refractivity contribution in [3.63, 3.8) is 0 Å². The van der Waals surface area contributed by atoms with Gasteiger partial charge >= 0.3 is 0 Å². The predicted molar refractivity (Wildman–Crippen MR) is 86.1 cm³/mol. The number of hydrogen-bond donors (Lipinski definition) is 0. The SMILES string of the molecule is CCn1c(SCc2ccc(F)cc2C#N)nc2ccccc21. The van der Waals surface area contributed by atoms with Gasteiger partial charge in [-0.25, -0.2) is 9.37 Å². The van der Waals surface area contributed by atoms with E-state index in [-0.39, 0.29) is 5.82 Å². The molecule has 0 spiro atoms. The van der Waals surface area contributed by atoms with Crippen molar-refractivity contribution in [2.75, 3.05) is 0 Å². The van der Waals surface area contributed by atoms with Crippen molar-refractivity contribution in [3.05, 3.63) is 59.4 Å². The third-order valence-corrected chi connectivity index (χ3v) is 4.51. The zero-order chi connectivity index (χ0) is 15.5. The molecule has 0 aliphatic rings. The standard InChI is InChI=1S/C17H14FN3S/c1-2-21-16-6-4-3-5-15(16)20-17(21)22-11-12-7-8-14(18)9-13(12)10-19/h3-9H,2,11H2,1H3. The maximum Gasteiger partial charge on any atom is 0.169 e. The molecule has 0 aliphatic carbocycles. The largest absolute Gasteiger partial charge is 0.319 e. The number of hydrogen-bond acceptors (Lipinski definition) is 3. The Morgan fingerprint density at radius 2 is 2.09 bits per heavy atom. The summed E-state index contributed by atoms with van der Waals surface area (Å²) in [5, 5.41) is 10.0. The van der Waals surface area contributed by atoms with Crippen LogP contribution in [-0.2, 0) is 12.3 Å². The maximum atomic E-state index is 13.2. The number of nitrogens with zero attached hydrogens (tertiary/aromatic N) is 3. The molecule has 3 aromatic rings. The molecule has 0 saturated carbocycles. The van der Waals surface area contributed by atoms with Crippen LogP contribution in [0.1, 0.15) is 18.1 Å².